The number of rotatable bonds is 5. The monoisotopic (exact) mass is 427 g/mol. The normalized spacial score (nSPS) is 10.7. The Morgan fingerprint density at radius 1 is 0.576 bits per heavy atom. The van der Waals surface area contributed by atoms with Crippen LogP contribution in [0.5, 0.6) is 0 Å². The first-order chi connectivity index (χ1) is 16.2. The Bertz CT molecular complexity index is 1380. The highest BCUT2D eigenvalue weighted by Crippen LogP contribution is 2.39. The summed E-state index contributed by atoms with van der Waals surface area (Å²) in [5.41, 5.74) is 8.83. The van der Waals surface area contributed by atoms with Gasteiger partial charge in [0.2, 0.25) is 0 Å². The number of aromatic nitrogens is 2. The molecule has 0 amide bonds. The van der Waals surface area contributed by atoms with Crippen molar-refractivity contribution in [3.8, 4) is 22.5 Å². The van der Waals surface area contributed by atoms with Gasteiger partial charge in [-0.2, -0.15) is 0 Å². The van der Waals surface area contributed by atoms with Crippen molar-refractivity contribution < 1.29 is 0 Å². The Balaban J connectivity index is 1.69. The molecule has 0 bridgehead atoms. The Labute approximate surface area is 195 Å². The first-order valence-corrected chi connectivity index (χ1v) is 11.1. The Hall–Kier alpha value is -4.24. The quantitative estimate of drug-likeness (QED) is 0.285. The third-order valence-electron chi connectivity index (χ3n) is 5.89. The van der Waals surface area contributed by atoms with Gasteiger partial charge < -0.3 is 0 Å². The van der Waals surface area contributed by atoms with Gasteiger partial charge in [0.1, 0.15) is 5.82 Å². The van der Waals surface area contributed by atoms with Crippen molar-refractivity contribution in [3.63, 3.8) is 0 Å². The van der Waals surface area contributed by atoms with Crippen molar-refractivity contribution in [3.05, 3.63) is 127 Å². The molecule has 0 N–H and O–H groups in total. The second kappa shape index (κ2) is 9.09. The molecule has 33 heavy (non-hydrogen) atoms. The topological polar surface area (TPSA) is 29.0 Å². The highest BCUT2D eigenvalue weighted by molar-refractivity contribution is 5.83. The number of nitrogens with zero attached hydrogens (tertiary/aromatic N) is 3. The molecule has 2 aromatic heterocycles. The molecule has 3 heteroatoms. The van der Waals surface area contributed by atoms with E-state index in [1.165, 1.54) is 22.3 Å². The molecule has 5 rings (SSSR count). The highest BCUT2D eigenvalue weighted by atomic mass is 15.2. The van der Waals surface area contributed by atoms with E-state index in [-0.39, 0.29) is 0 Å². The van der Waals surface area contributed by atoms with Gasteiger partial charge in [-0.25, -0.2) is 4.98 Å². The Morgan fingerprint density at radius 2 is 1.27 bits per heavy atom. The fraction of sp³-hybridized carbons (Fsp3) is 0.0667. The zero-order valence-electron chi connectivity index (χ0n) is 18.8. The second-order valence-electron chi connectivity index (χ2n) is 8.03. The van der Waals surface area contributed by atoms with Gasteiger partial charge in [-0.3, -0.25) is 9.88 Å². The average molecular weight is 428 g/mol. The predicted molar refractivity (Wildman–Crippen MR) is 137 cm³/mol. The summed E-state index contributed by atoms with van der Waals surface area (Å²) >= 11 is 0. The van der Waals surface area contributed by atoms with E-state index in [0.717, 1.165) is 28.6 Å². The summed E-state index contributed by atoms with van der Waals surface area (Å²) in [6.07, 6.45) is 1.80. The van der Waals surface area contributed by atoms with Gasteiger partial charge in [-0.1, -0.05) is 66.7 Å². The zero-order valence-corrected chi connectivity index (χ0v) is 18.8. The van der Waals surface area contributed by atoms with Crippen LogP contribution in [0.4, 0.5) is 17.2 Å². The van der Waals surface area contributed by atoms with Crippen LogP contribution in [0.15, 0.2) is 115 Å². The third kappa shape index (κ3) is 4.13. The molecule has 0 aliphatic heterocycles. The lowest BCUT2D eigenvalue weighted by atomic mass is 9.95. The van der Waals surface area contributed by atoms with Gasteiger partial charge in [0.25, 0.3) is 0 Å². The molecule has 5 aromatic rings. The van der Waals surface area contributed by atoms with Crippen LogP contribution in [0.2, 0.25) is 0 Å². The molecule has 0 fully saturated rings. The number of anilines is 3. The molecule has 3 aromatic carbocycles. The van der Waals surface area contributed by atoms with E-state index >= 15 is 0 Å². The minimum Gasteiger partial charge on any atom is -0.295 e. The van der Waals surface area contributed by atoms with E-state index in [2.05, 4.69) is 96.5 Å². The first kappa shape index (κ1) is 20.7. The maximum atomic E-state index is 5.02. The van der Waals surface area contributed by atoms with E-state index in [9.17, 15) is 0 Å². The summed E-state index contributed by atoms with van der Waals surface area (Å²) in [5.74, 6) is 0.856. The smallest absolute Gasteiger partial charge is 0.138 e. The van der Waals surface area contributed by atoms with Crippen molar-refractivity contribution in [2.75, 3.05) is 4.90 Å². The number of hydrogen-bond acceptors (Lipinski definition) is 3. The molecule has 2 heterocycles. The van der Waals surface area contributed by atoms with E-state index in [1.807, 2.05) is 36.4 Å². The van der Waals surface area contributed by atoms with Crippen LogP contribution in [-0.4, -0.2) is 9.97 Å². The van der Waals surface area contributed by atoms with Crippen LogP contribution in [0, 0.1) is 13.8 Å². The molecule has 0 spiro atoms. The number of pyridine rings is 2. The molecular weight excluding hydrogens is 402 g/mol. The van der Waals surface area contributed by atoms with E-state index in [4.69, 9.17) is 4.98 Å². The summed E-state index contributed by atoms with van der Waals surface area (Å²) in [6.45, 7) is 4.35. The van der Waals surface area contributed by atoms with Crippen molar-refractivity contribution >= 4 is 17.2 Å². The molecule has 0 atom stereocenters. The van der Waals surface area contributed by atoms with E-state index < -0.39 is 0 Å². The molecule has 3 nitrogen and oxygen atoms in total. The molecule has 0 aliphatic rings. The fourth-order valence-electron chi connectivity index (χ4n) is 4.21. The average Bonchev–Trinajstić information content (AvgIpc) is 2.87. The molecule has 0 saturated carbocycles. The summed E-state index contributed by atoms with van der Waals surface area (Å²) in [6, 6.07) is 37.4. The molecule has 0 aliphatic carbocycles. The number of aryl methyl sites for hydroxylation is 1. The minimum absolute atomic E-state index is 0.849. The van der Waals surface area contributed by atoms with Crippen LogP contribution in [-0.2, 0) is 0 Å². The van der Waals surface area contributed by atoms with Gasteiger partial charge in [0, 0.05) is 11.9 Å². The van der Waals surface area contributed by atoms with Crippen LogP contribution >= 0.6 is 0 Å². The van der Waals surface area contributed by atoms with Gasteiger partial charge in [-0.05, 0) is 78.6 Å². The largest absolute Gasteiger partial charge is 0.295 e. The van der Waals surface area contributed by atoms with Crippen molar-refractivity contribution in [2.45, 2.75) is 13.8 Å². The standard InChI is InChI=1S/C30H25N3/c1-22-12-6-7-15-25(22)26-16-10-19-29(23(26)2)33(24-13-4-3-5-14-24)30-20-11-18-28(32-30)27-17-8-9-21-31-27/h3-21H,1-2H3. The zero-order chi connectivity index (χ0) is 22.6. The summed E-state index contributed by atoms with van der Waals surface area (Å²) < 4.78 is 0. The van der Waals surface area contributed by atoms with Crippen LogP contribution in [0.1, 0.15) is 11.1 Å². The third-order valence-corrected chi connectivity index (χ3v) is 5.89. The van der Waals surface area contributed by atoms with Gasteiger partial charge >= 0.3 is 0 Å². The summed E-state index contributed by atoms with van der Waals surface area (Å²) in [5, 5.41) is 0. The van der Waals surface area contributed by atoms with Gasteiger partial charge in [-0.15, -0.1) is 0 Å². The molecule has 0 unspecified atom stereocenters. The molecular formula is C30H25N3. The maximum absolute atomic E-state index is 5.02. The van der Waals surface area contributed by atoms with E-state index in [1.54, 1.807) is 6.20 Å². The SMILES string of the molecule is Cc1ccccc1-c1cccc(N(c2ccccc2)c2cccc(-c3ccccn3)n2)c1C. The lowest BCUT2D eigenvalue weighted by Gasteiger charge is -2.27. The summed E-state index contributed by atoms with van der Waals surface area (Å²) in [7, 11) is 0. The van der Waals surface area contributed by atoms with Crippen LogP contribution in [0.25, 0.3) is 22.5 Å². The van der Waals surface area contributed by atoms with Crippen molar-refractivity contribution in [1.29, 1.82) is 0 Å². The highest BCUT2D eigenvalue weighted by Gasteiger charge is 2.18. The number of benzene rings is 3. The van der Waals surface area contributed by atoms with Crippen LogP contribution < -0.4 is 4.90 Å². The van der Waals surface area contributed by atoms with Crippen molar-refractivity contribution in [2.24, 2.45) is 0 Å². The Morgan fingerprint density at radius 3 is 2.06 bits per heavy atom. The molecule has 0 saturated heterocycles. The minimum atomic E-state index is 0.849. The fourth-order valence-corrected chi connectivity index (χ4v) is 4.21. The lowest BCUT2D eigenvalue weighted by molar-refractivity contribution is 1.16. The number of para-hydroxylation sites is 1. The maximum Gasteiger partial charge on any atom is 0.138 e. The molecule has 0 radical (unpaired) electrons. The van der Waals surface area contributed by atoms with Crippen molar-refractivity contribution in [1.82, 2.24) is 9.97 Å². The van der Waals surface area contributed by atoms with Gasteiger partial charge in [0.05, 0.1) is 17.1 Å². The molecule has 160 valence electrons. The lowest BCUT2D eigenvalue weighted by Crippen LogP contribution is -2.13. The van der Waals surface area contributed by atoms with Crippen LogP contribution in [0.3, 0.4) is 0 Å². The second-order valence-corrected chi connectivity index (χ2v) is 8.03. The van der Waals surface area contributed by atoms with Gasteiger partial charge in [0.15, 0.2) is 0 Å². The predicted octanol–water partition coefficient (Wildman–Crippen LogP) is 7.90. The van der Waals surface area contributed by atoms with E-state index in [0.29, 0.717) is 0 Å². The summed E-state index contributed by atoms with van der Waals surface area (Å²) in [4.78, 5) is 11.7. The first-order valence-electron chi connectivity index (χ1n) is 11.1. The number of hydrogen-bond donors (Lipinski definition) is 0. The Kier molecular flexibility index (Phi) is 5.69.